The molecular weight excluding hydrogens is 255 g/mol. The van der Waals surface area contributed by atoms with Crippen LogP contribution < -0.4 is 5.32 Å². The van der Waals surface area contributed by atoms with Crippen molar-refractivity contribution in [2.75, 3.05) is 6.54 Å². The van der Waals surface area contributed by atoms with E-state index in [1.807, 2.05) is 0 Å². The van der Waals surface area contributed by atoms with Crippen LogP contribution >= 0.6 is 11.6 Å². The van der Waals surface area contributed by atoms with Gasteiger partial charge in [0.1, 0.15) is 0 Å². The van der Waals surface area contributed by atoms with Crippen LogP contribution in [0.1, 0.15) is 32.6 Å². The van der Waals surface area contributed by atoms with Gasteiger partial charge in [0.25, 0.3) is 0 Å². The van der Waals surface area contributed by atoms with E-state index in [-0.39, 0.29) is 24.1 Å². The second kappa shape index (κ2) is 5.94. The average Bonchev–Trinajstić information content (AvgIpc) is 2.25. The van der Waals surface area contributed by atoms with Crippen LogP contribution in [0.4, 0.5) is 13.2 Å². The van der Waals surface area contributed by atoms with Gasteiger partial charge in [-0.25, -0.2) is 0 Å². The Morgan fingerprint density at radius 1 is 1.47 bits per heavy atom. The van der Waals surface area contributed by atoms with Gasteiger partial charge in [0.15, 0.2) is 0 Å². The van der Waals surface area contributed by atoms with E-state index >= 15 is 0 Å². The van der Waals surface area contributed by atoms with E-state index in [1.165, 1.54) is 0 Å². The van der Waals surface area contributed by atoms with E-state index in [0.717, 1.165) is 0 Å². The molecule has 0 aromatic rings. The molecule has 1 fully saturated rings. The molecule has 3 atom stereocenters. The number of carbonyl (C=O) groups is 1. The van der Waals surface area contributed by atoms with Crippen LogP contribution in [-0.2, 0) is 4.79 Å². The second-order valence-electron chi connectivity index (χ2n) is 4.63. The maximum atomic E-state index is 12.5. The zero-order valence-corrected chi connectivity index (χ0v) is 10.4. The highest BCUT2D eigenvalue weighted by Gasteiger charge is 2.43. The second-order valence-corrected chi connectivity index (χ2v) is 5.37. The first-order chi connectivity index (χ1) is 7.80. The fourth-order valence-corrected chi connectivity index (χ4v) is 2.19. The third kappa shape index (κ3) is 4.74. The largest absolute Gasteiger partial charge is 0.391 e. The number of nitrogens with one attached hydrogen (secondary N) is 1. The van der Waals surface area contributed by atoms with Crippen molar-refractivity contribution in [2.45, 2.75) is 44.2 Å². The quantitative estimate of drug-likeness (QED) is 0.785. The summed E-state index contributed by atoms with van der Waals surface area (Å²) >= 11 is 5.67. The molecule has 0 aromatic carbocycles. The van der Waals surface area contributed by atoms with Crippen molar-refractivity contribution >= 4 is 17.5 Å². The Kier molecular flexibility index (Phi) is 5.10. The highest BCUT2D eigenvalue weighted by Crippen LogP contribution is 2.39. The molecular formula is C11H17ClF3NO. The summed E-state index contributed by atoms with van der Waals surface area (Å²) in [5.41, 5.74) is 0. The molecule has 1 N–H and O–H groups in total. The van der Waals surface area contributed by atoms with Gasteiger partial charge in [0, 0.05) is 17.8 Å². The van der Waals surface area contributed by atoms with Gasteiger partial charge in [-0.05, 0) is 26.2 Å². The van der Waals surface area contributed by atoms with Crippen molar-refractivity contribution in [1.82, 2.24) is 5.32 Å². The summed E-state index contributed by atoms with van der Waals surface area (Å²) < 4.78 is 37.6. The van der Waals surface area contributed by atoms with Crippen molar-refractivity contribution in [2.24, 2.45) is 11.8 Å². The first kappa shape index (κ1) is 14.6. The Balaban J connectivity index is 2.46. The minimum absolute atomic E-state index is 0.0913. The van der Waals surface area contributed by atoms with Crippen molar-refractivity contribution in [3.8, 4) is 0 Å². The Morgan fingerprint density at radius 3 is 2.65 bits per heavy atom. The van der Waals surface area contributed by atoms with Crippen LogP contribution in [0.25, 0.3) is 0 Å². The lowest BCUT2D eigenvalue weighted by molar-refractivity contribution is -0.186. The Bertz CT molecular complexity index is 268. The topological polar surface area (TPSA) is 29.1 Å². The molecule has 0 aliphatic heterocycles. The highest BCUT2D eigenvalue weighted by atomic mass is 35.5. The predicted octanol–water partition coefficient (Wildman–Crippen LogP) is 3.10. The van der Waals surface area contributed by atoms with E-state index < -0.39 is 18.0 Å². The summed E-state index contributed by atoms with van der Waals surface area (Å²) in [6.07, 6.45) is -3.14. The molecule has 100 valence electrons. The molecule has 1 aliphatic carbocycles. The molecule has 6 heteroatoms. The SMILES string of the molecule is CC(Cl)CNC(=O)C1CCCC(C(F)(F)F)C1. The first-order valence-electron chi connectivity index (χ1n) is 5.79. The molecule has 0 bridgehead atoms. The van der Waals surface area contributed by atoms with Gasteiger partial charge in [0.05, 0.1) is 5.92 Å². The van der Waals surface area contributed by atoms with Gasteiger partial charge in [-0.1, -0.05) is 6.42 Å². The molecule has 2 nitrogen and oxygen atoms in total. The van der Waals surface area contributed by atoms with Gasteiger partial charge < -0.3 is 5.32 Å². The van der Waals surface area contributed by atoms with Crippen molar-refractivity contribution in [3.05, 3.63) is 0 Å². The summed E-state index contributed by atoms with van der Waals surface area (Å²) in [5, 5.41) is 2.38. The van der Waals surface area contributed by atoms with E-state index in [1.54, 1.807) is 6.92 Å². The van der Waals surface area contributed by atoms with Gasteiger partial charge >= 0.3 is 6.18 Å². The van der Waals surface area contributed by atoms with Crippen LogP contribution in [0.5, 0.6) is 0 Å². The summed E-state index contributed by atoms with van der Waals surface area (Å²) in [6, 6.07) is 0. The smallest absolute Gasteiger partial charge is 0.354 e. The molecule has 3 unspecified atom stereocenters. The van der Waals surface area contributed by atoms with Crippen LogP contribution in [0.15, 0.2) is 0 Å². The monoisotopic (exact) mass is 271 g/mol. The van der Waals surface area contributed by atoms with Gasteiger partial charge in [-0.3, -0.25) is 4.79 Å². The molecule has 0 aromatic heterocycles. The molecule has 1 saturated carbocycles. The summed E-state index contributed by atoms with van der Waals surface area (Å²) in [5.74, 6) is -2.15. The van der Waals surface area contributed by atoms with Crippen LogP contribution in [0.3, 0.4) is 0 Å². The molecule has 0 saturated heterocycles. The summed E-state index contributed by atoms with van der Waals surface area (Å²) in [7, 11) is 0. The number of hydrogen-bond acceptors (Lipinski definition) is 1. The zero-order chi connectivity index (χ0) is 13.1. The standard InChI is InChI=1S/C11H17ClF3NO/c1-7(12)6-16-10(17)8-3-2-4-9(5-8)11(13,14)15/h7-9H,2-6H2,1H3,(H,16,17). The molecule has 0 radical (unpaired) electrons. The van der Waals surface area contributed by atoms with Crippen molar-refractivity contribution in [3.63, 3.8) is 0 Å². The van der Waals surface area contributed by atoms with Crippen molar-refractivity contribution < 1.29 is 18.0 Å². The average molecular weight is 272 g/mol. The molecule has 0 spiro atoms. The number of amides is 1. The van der Waals surface area contributed by atoms with Crippen LogP contribution in [0.2, 0.25) is 0 Å². The van der Waals surface area contributed by atoms with Gasteiger partial charge in [0.2, 0.25) is 5.91 Å². The van der Waals surface area contributed by atoms with Crippen molar-refractivity contribution in [1.29, 1.82) is 0 Å². The third-order valence-electron chi connectivity index (χ3n) is 3.07. The maximum Gasteiger partial charge on any atom is 0.391 e. The summed E-state index contributed by atoms with van der Waals surface area (Å²) in [4.78, 5) is 11.6. The fraction of sp³-hybridized carbons (Fsp3) is 0.909. The number of rotatable bonds is 3. The van der Waals surface area contributed by atoms with E-state index in [4.69, 9.17) is 11.6 Å². The minimum Gasteiger partial charge on any atom is -0.354 e. The first-order valence-corrected chi connectivity index (χ1v) is 6.23. The minimum atomic E-state index is -4.18. The number of halogens is 4. The molecule has 17 heavy (non-hydrogen) atoms. The molecule has 1 rings (SSSR count). The van der Waals surface area contributed by atoms with Crippen LogP contribution in [-0.4, -0.2) is 24.0 Å². The fourth-order valence-electron chi connectivity index (χ4n) is 2.11. The normalized spacial score (nSPS) is 27.6. The molecule has 1 aliphatic rings. The Hall–Kier alpha value is -0.450. The van der Waals surface area contributed by atoms with E-state index in [2.05, 4.69) is 5.32 Å². The highest BCUT2D eigenvalue weighted by molar-refractivity contribution is 6.20. The number of carbonyl (C=O) groups excluding carboxylic acids is 1. The Morgan fingerprint density at radius 2 is 2.12 bits per heavy atom. The van der Waals surface area contributed by atoms with Gasteiger partial charge in [-0.2, -0.15) is 13.2 Å². The lowest BCUT2D eigenvalue weighted by atomic mass is 9.80. The summed E-state index contributed by atoms with van der Waals surface area (Å²) in [6.45, 7) is 2.02. The van der Waals surface area contributed by atoms with Gasteiger partial charge in [-0.15, -0.1) is 11.6 Å². The lowest BCUT2D eigenvalue weighted by Crippen LogP contribution is -2.39. The van der Waals surface area contributed by atoms with E-state index in [0.29, 0.717) is 19.4 Å². The zero-order valence-electron chi connectivity index (χ0n) is 9.69. The lowest BCUT2D eigenvalue weighted by Gasteiger charge is -2.29. The maximum absolute atomic E-state index is 12.5. The Labute approximate surface area is 104 Å². The molecule has 0 heterocycles. The number of alkyl halides is 4. The number of hydrogen-bond donors (Lipinski definition) is 1. The van der Waals surface area contributed by atoms with Crippen LogP contribution in [0, 0.1) is 11.8 Å². The predicted molar refractivity (Wildman–Crippen MR) is 59.8 cm³/mol. The third-order valence-corrected chi connectivity index (χ3v) is 3.22. The molecule has 1 amide bonds. The van der Waals surface area contributed by atoms with E-state index in [9.17, 15) is 18.0 Å².